The number of aromatic carboxylic acids is 1. The summed E-state index contributed by atoms with van der Waals surface area (Å²) in [4.78, 5) is 21.3. The number of para-hydroxylation sites is 1. The third-order valence-electron chi connectivity index (χ3n) is 2.74. The van der Waals surface area contributed by atoms with Crippen LogP contribution in [0, 0.1) is 0 Å². The van der Waals surface area contributed by atoms with Gasteiger partial charge in [0.05, 0.1) is 12.7 Å². The number of hydrogen-bond acceptors (Lipinski definition) is 5. The maximum atomic E-state index is 11.2. The molecule has 0 amide bonds. The Morgan fingerprint density at radius 1 is 1.25 bits per heavy atom. The smallest absolute Gasteiger partial charge is 0.354 e. The van der Waals surface area contributed by atoms with Crippen molar-refractivity contribution in [3.8, 4) is 17.1 Å². The average Bonchev–Trinajstić information content (AvgIpc) is 2.46. The normalized spacial score (nSPS) is 10.2. The van der Waals surface area contributed by atoms with Crippen LogP contribution in [0.5, 0.6) is 5.75 Å². The van der Waals surface area contributed by atoms with Gasteiger partial charge in [-0.25, -0.2) is 14.8 Å². The van der Waals surface area contributed by atoms with Crippen LogP contribution in [-0.2, 0) is 0 Å². The van der Waals surface area contributed by atoms with Gasteiger partial charge in [-0.1, -0.05) is 12.1 Å². The van der Waals surface area contributed by atoms with E-state index < -0.39 is 5.97 Å². The molecule has 0 aliphatic carbocycles. The highest BCUT2D eigenvalue weighted by atomic mass is 16.5. The molecule has 0 aliphatic heterocycles. The Morgan fingerprint density at radius 3 is 2.55 bits per heavy atom. The zero-order valence-electron chi connectivity index (χ0n) is 11.5. The molecule has 6 nitrogen and oxygen atoms in total. The number of anilines is 1. The Balaban J connectivity index is 2.64. The highest BCUT2D eigenvalue weighted by molar-refractivity contribution is 5.87. The molecule has 6 heteroatoms. The zero-order chi connectivity index (χ0) is 14.7. The molecule has 1 heterocycles. The van der Waals surface area contributed by atoms with Crippen molar-refractivity contribution >= 4 is 11.8 Å². The standard InChI is InChI=1S/C14H15N3O3/c1-17(2)12-8-10(14(18)19)15-13(16-12)9-6-4-5-7-11(9)20-3/h4-8H,1-3H3,(H,18,19). The number of nitrogens with zero attached hydrogens (tertiary/aromatic N) is 3. The lowest BCUT2D eigenvalue weighted by Gasteiger charge is -2.14. The van der Waals surface area contributed by atoms with Crippen LogP contribution >= 0.6 is 0 Å². The number of ether oxygens (including phenoxy) is 1. The fraction of sp³-hybridized carbons (Fsp3) is 0.214. The largest absolute Gasteiger partial charge is 0.496 e. The number of aromatic nitrogens is 2. The van der Waals surface area contributed by atoms with E-state index in [2.05, 4.69) is 9.97 Å². The van der Waals surface area contributed by atoms with E-state index in [1.807, 2.05) is 12.1 Å². The van der Waals surface area contributed by atoms with Crippen LogP contribution in [0.1, 0.15) is 10.5 Å². The van der Waals surface area contributed by atoms with Gasteiger partial charge in [-0.2, -0.15) is 0 Å². The van der Waals surface area contributed by atoms with E-state index in [0.717, 1.165) is 0 Å². The first-order valence-corrected chi connectivity index (χ1v) is 5.96. The number of carbonyl (C=O) groups is 1. The van der Waals surface area contributed by atoms with Gasteiger partial charge in [-0.15, -0.1) is 0 Å². The maximum absolute atomic E-state index is 11.2. The summed E-state index contributed by atoms with van der Waals surface area (Å²) in [5, 5.41) is 9.15. The van der Waals surface area contributed by atoms with Gasteiger partial charge in [0.25, 0.3) is 0 Å². The fourth-order valence-corrected chi connectivity index (χ4v) is 1.72. The van der Waals surface area contributed by atoms with Gasteiger partial charge >= 0.3 is 5.97 Å². The molecular formula is C14H15N3O3. The van der Waals surface area contributed by atoms with E-state index in [1.165, 1.54) is 6.07 Å². The fourth-order valence-electron chi connectivity index (χ4n) is 1.72. The van der Waals surface area contributed by atoms with Crippen molar-refractivity contribution < 1.29 is 14.6 Å². The molecule has 0 unspecified atom stereocenters. The number of carboxylic acid groups (broad SMARTS) is 1. The molecule has 2 aromatic rings. The van der Waals surface area contributed by atoms with Crippen molar-refractivity contribution in [3.63, 3.8) is 0 Å². The Hall–Kier alpha value is -2.63. The average molecular weight is 273 g/mol. The van der Waals surface area contributed by atoms with Crippen molar-refractivity contribution in [2.24, 2.45) is 0 Å². The second kappa shape index (κ2) is 5.56. The van der Waals surface area contributed by atoms with Gasteiger partial charge in [0.1, 0.15) is 11.6 Å². The topological polar surface area (TPSA) is 75.6 Å². The molecule has 2 rings (SSSR count). The summed E-state index contributed by atoms with van der Waals surface area (Å²) in [5.41, 5.74) is 0.603. The van der Waals surface area contributed by atoms with Crippen molar-refractivity contribution in [1.82, 2.24) is 9.97 Å². The Labute approximate surface area is 116 Å². The monoisotopic (exact) mass is 273 g/mol. The SMILES string of the molecule is COc1ccccc1-c1nc(C(=O)O)cc(N(C)C)n1. The maximum Gasteiger partial charge on any atom is 0.354 e. The van der Waals surface area contributed by atoms with Crippen LogP contribution in [-0.4, -0.2) is 42.2 Å². The van der Waals surface area contributed by atoms with Crippen molar-refractivity contribution in [2.45, 2.75) is 0 Å². The van der Waals surface area contributed by atoms with Gasteiger partial charge in [-0.3, -0.25) is 0 Å². The first-order chi connectivity index (χ1) is 9.52. The van der Waals surface area contributed by atoms with Crippen molar-refractivity contribution in [1.29, 1.82) is 0 Å². The first-order valence-electron chi connectivity index (χ1n) is 5.96. The summed E-state index contributed by atoms with van der Waals surface area (Å²) >= 11 is 0. The third kappa shape index (κ3) is 2.69. The number of benzene rings is 1. The summed E-state index contributed by atoms with van der Waals surface area (Å²) in [6.07, 6.45) is 0. The number of carboxylic acids is 1. The van der Waals surface area contributed by atoms with Crippen LogP contribution in [0.4, 0.5) is 5.82 Å². The molecule has 1 aromatic carbocycles. The lowest BCUT2D eigenvalue weighted by Crippen LogP contribution is -2.14. The van der Waals surface area contributed by atoms with E-state index in [0.29, 0.717) is 23.0 Å². The summed E-state index contributed by atoms with van der Waals surface area (Å²) < 4.78 is 5.26. The highest BCUT2D eigenvalue weighted by Crippen LogP contribution is 2.28. The van der Waals surface area contributed by atoms with E-state index in [-0.39, 0.29) is 5.69 Å². The molecular weight excluding hydrogens is 258 g/mol. The van der Waals surface area contributed by atoms with Crippen molar-refractivity contribution in [3.05, 3.63) is 36.0 Å². The summed E-state index contributed by atoms with van der Waals surface area (Å²) in [5.74, 6) is 0.357. The molecule has 0 saturated carbocycles. The summed E-state index contributed by atoms with van der Waals surface area (Å²) in [7, 11) is 5.13. The van der Waals surface area contributed by atoms with E-state index in [1.54, 1.807) is 38.2 Å². The van der Waals surface area contributed by atoms with Crippen LogP contribution in [0.15, 0.2) is 30.3 Å². The summed E-state index contributed by atoms with van der Waals surface area (Å²) in [6, 6.07) is 8.65. The molecule has 0 radical (unpaired) electrons. The predicted molar refractivity (Wildman–Crippen MR) is 75.3 cm³/mol. The molecule has 20 heavy (non-hydrogen) atoms. The number of hydrogen-bond donors (Lipinski definition) is 1. The minimum Gasteiger partial charge on any atom is -0.496 e. The molecule has 0 spiro atoms. The quantitative estimate of drug-likeness (QED) is 0.917. The first kappa shape index (κ1) is 13.8. The van der Waals surface area contributed by atoms with E-state index >= 15 is 0 Å². The molecule has 0 bridgehead atoms. The predicted octanol–water partition coefficient (Wildman–Crippen LogP) is 1.92. The molecule has 0 atom stereocenters. The number of rotatable bonds is 4. The highest BCUT2D eigenvalue weighted by Gasteiger charge is 2.15. The minimum absolute atomic E-state index is 0.0513. The van der Waals surface area contributed by atoms with Crippen LogP contribution in [0.2, 0.25) is 0 Å². The minimum atomic E-state index is -1.09. The molecule has 1 N–H and O–H groups in total. The van der Waals surface area contributed by atoms with Crippen LogP contribution in [0.3, 0.4) is 0 Å². The Bertz CT molecular complexity index is 641. The van der Waals surface area contributed by atoms with E-state index in [4.69, 9.17) is 9.84 Å². The zero-order valence-corrected chi connectivity index (χ0v) is 11.5. The molecule has 0 saturated heterocycles. The second-order valence-corrected chi connectivity index (χ2v) is 4.33. The van der Waals surface area contributed by atoms with Crippen molar-refractivity contribution in [2.75, 3.05) is 26.1 Å². The van der Waals surface area contributed by atoms with Crippen LogP contribution < -0.4 is 9.64 Å². The molecule has 1 aromatic heterocycles. The Morgan fingerprint density at radius 2 is 1.95 bits per heavy atom. The molecule has 0 fully saturated rings. The van der Waals surface area contributed by atoms with Gasteiger partial charge in [0, 0.05) is 20.2 Å². The lowest BCUT2D eigenvalue weighted by molar-refractivity contribution is 0.0690. The van der Waals surface area contributed by atoms with Gasteiger partial charge in [-0.05, 0) is 12.1 Å². The van der Waals surface area contributed by atoms with E-state index in [9.17, 15) is 4.79 Å². The summed E-state index contributed by atoms with van der Waals surface area (Å²) in [6.45, 7) is 0. The second-order valence-electron chi connectivity index (χ2n) is 4.33. The Kier molecular flexibility index (Phi) is 3.84. The third-order valence-corrected chi connectivity index (χ3v) is 2.74. The van der Waals surface area contributed by atoms with Gasteiger partial charge in [0.15, 0.2) is 11.5 Å². The number of methoxy groups -OCH3 is 1. The molecule has 0 aliphatic rings. The lowest BCUT2D eigenvalue weighted by atomic mass is 10.2. The van der Waals surface area contributed by atoms with Gasteiger partial charge < -0.3 is 14.7 Å². The van der Waals surface area contributed by atoms with Crippen LogP contribution in [0.25, 0.3) is 11.4 Å². The van der Waals surface area contributed by atoms with Gasteiger partial charge in [0.2, 0.25) is 0 Å². The molecule has 104 valence electrons.